The highest BCUT2D eigenvalue weighted by molar-refractivity contribution is 6.23. The SMILES string of the molecule is [2H]c1cc2c(c([2H])c1C)c1c([2H])c([2H])c3c4c([2H])c([2H])c([2H])c([2H])c4n(-c4nc(-c5c([2H])c([2H])c([2H])c([2H])c5[2H])nc(-c5c([2H])c([2H])c(-c6c([2H])c([2H])c([2H])c([2H])c6[2H])c([2H])c5[2H])n4)c3c1n2-c1c([2H])c([2H])c([2H])c([2H])c1[2H]. The van der Waals surface area contributed by atoms with Crippen molar-refractivity contribution in [3.05, 3.63) is 175 Å². The minimum absolute atomic E-state index is 0.0247. The molecule has 0 aliphatic rings. The molecular weight excluding hydrogens is 623 g/mol. The second-order valence-corrected chi connectivity index (χ2v) is 10.9. The summed E-state index contributed by atoms with van der Waals surface area (Å²) < 4.78 is 242. The summed E-state index contributed by atoms with van der Waals surface area (Å²) in [5.74, 6) is -2.67. The predicted molar refractivity (Wildman–Crippen MR) is 210 cm³/mol. The van der Waals surface area contributed by atoms with Crippen molar-refractivity contribution in [2.24, 2.45) is 0 Å². The molecule has 0 saturated carbocycles. The lowest BCUT2D eigenvalue weighted by molar-refractivity contribution is 0.953. The highest BCUT2D eigenvalue weighted by Gasteiger charge is 2.23. The second kappa shape index (κ2) is 11.6. The number of hydrogen-bond donors (Lipinski definition) is 0. The summed E-state index contributed by atoms with van der Waals surface area (Å²) in [4.78, 5) is 13.5. The van der Waals surface area contributed by atoms with E-state index in [0.717, 1.165) is 9.13 Å². The lowest BCUT2D eigenvalue weighted by Crippen LogP contribution is -2.07. The monoisotopic (exact) mass is 680 g/mol. The molecule has 0 radical (unpaired) electrons. The Morgan fingerprint density at radius 2 is 0.961 bits per heavy atom. The van der Waals surface area contributed by atoms with Crippen LogP contribution >= 0.6 is 0 Å². The molecule has 10 aromatic rings. The second-order valence-electron chi connectivity index (χ2n) is 10.9. The van der Waals surface area contributed by atoms with Gasteiger partial charge in [0.1, 0.15) is 0 Å². The largest absolute Gasteiger partial charge is 0.307 e. The fourth-order valence-electron chi connectivity index (χ4n) is 5.83. The number of para-hydroxylation sites is 2. The first kappa shape index (κ1) is 12.8. The Balaban J connectivity index is 1.51. The van der Waals surface area contributed by atoms with E-state index in [2.05, 4.69) is 15.0 Å². The number of fused-ring (bicyclic) bond motifs is 7. The van der Waals surface area contributed by atoms with E-state index in [1.165, 1.54) is 13.0 Å². The van der Waals surface area contributed by atoms with Crippen LogP contribution in [0.2, 0.25) is 0 Å². The summed E-state index contributed by atoms with van der Waals surface area (Å²) in [6.45, 7) is 1.40. The number of benzene rings is 7. The van der Waals surface area contributed by atoms with Crippen LogP contribution in [0.3, 0.4) is 0 Å². The van der Waals surface area contributed by atoms with E-state index in [4.69, 9.17) is 21.9 Å². The molecule has 3 aromatic heterocycles. The van der Waals surface area contributed by atoms with E-state index < -0.39 is 230 Å². The van der Waals surface area contributed by atoms with E-state index in [1.54, 1.807) is 0 Å². The Kier molecular flexibility index (Phi) is 2.92. The van der Waals surface area contributed by atoms with Gasteiger partial charge in [-0.1, -0.05) is 145 Å². The number of nitrogens with zero attached hydrogens (tertiary/aromatic N) is 5. The molecule has 0 atom stereocenters. The number of rotatable bonds is 5. The third kappa shape index (κ3) is 4.74. The van der Waals surface area contributed by atoms with Gasteiger partial charge in [0.2, 0.25) is 5.95 Å². The third-order valence-electron chi connectivity index (χ3n) is 7.94. The van der Waals surface area contributed by atoms with Crippen LogP contribution in [0.25, 0.3) is 89.2 Å². The standard InChI is InChI=1S/C46H31N5/c1-30-21-28-41-39(29-30)38-27-26-37-36-19-11-12-20-40(36)51(43(37)42(38)50(41)35-17-9-4-10-18-35)46-48-44(33-15-7-3-8-16-33)47-45(49-46)34-24-22-32(23-25-34)31-13-5-2-6-14-31/h2-29H,1H3/i2D,3D,4D,5D,6D,7D,8D,9D,10D,11D,12D,13D,14D,15D,16D,17D,18D,19D,20D,21D,22D,23D,24D,25D,26D,27D,29D. The van der Waals surface area contributed by atoms with Crippen molar-refractivity contribution in [1.82, 2.24) is 24.1 Å². The number of aromatic nitrogens is 5. The van der Waals surface area contributed by atoms with Crippen LogP contribution in [-0.4, -0.2) is 24.1 Å². The van der Waals surface area contributed by atoms with E-state index in [9.17, 15) is 15.1 Å². The molecule has 3 heterocycles. The summed E-state index contributed by atoms with van der Waals surface area (Å²) in [6, 6.07) is -21.9. The average molecular weight is 681 g/mol. The molecule has 0 aliphatic heterocycles. The van der Waals surface area contributed by atoms with Crippen LogP contribution in [0.4, 0.5) is 0 Å². The summed E-state index contributed by atoms with van der Waals surface area (Å²) in [5, 5.41) is -1.58. The Morgan fingerprint density at radius 3 is 1.67 bits per heavy atom. The number of hydrogen-bond acceptors (Lipinski definition) is 3. The molecule has 51 heavy (non-hydrogen) atoms. The Hall–Kier alpha value is -6.85. The van der Waals surface area contributed by atoms with Gasteiger partial charge < -0.3 is 4.57 Å². The van der Waals surface area contributed by atoms with Crippen molar-refractivity contribution in [1.29, 1.82) is 0 Å². The third-order valence-corrected chi connectivity index (χ3v) is 7.94. The minimum Gasteiger partial charge on any atom is -0.307 e. The molecule has 240 valence electrons. The minimum atomic E-state index is -1.04. The lowest BCUT2D eigenvalue weighted by atomic mass is 10.0. The van der Waals surface area contributed by atoms with Gasteiger partial charge >= 0.3 is 0 Å². The van der Waals surface area contributed by atoms with Crippen LogP contribution in [0.1, 0.15) is 42.6 Å². The Bertz CT molecular complexity index is 4370. The summed E-state index contributed by atoms with van der Waals surface area (Å²) in [6.07, 6.45) is 0. The maximum Gasteiger partial charge on any atom is 0.238 e. The van der Waals surface area contributed by atoms with Gasteiger partial charge in [-0.2, -0.15) is 9.97 Å². The molecule has 0 N–H and O–H groups in total. The first-order chi connectivity index (χ1) is 36.4. The van der Waals surface area contributed by atoms with E-state index in [1.807, 2.05) is 0 Å². The van der Waals surface area contributed by atoms with Gasteiger partial charge in [0.25, 0.3) is 0 Å². The zero-order valence-corrected chi connectivity index (χ0v) is 25.8. The van der Waals surface area contributed by atoms with Crippen molar-refractivity contribution in [3.8, 4) is 45.5 Å². The topological polar surface area (TPSA) is 48.5 Å². The van der Waals surface area contributed by atoms with Crippen LogP contribution in [-0.2, 0) is 0 Å². The van der Waals surface area contributed by atoms with Gasteiger partial charge in [0, 0.05) is 38.4 Å². The maximum absolute atomic E-state index is 9.66. The molecule has 0 fully saturated rings. The van der Waals surface area contributed by atoms with Crippen molar-refractivity contribution in [3.63, 3.8) is 0 Å². The molecule has 5 heteroatoms. The lowest BCUT2D eigenvalue weighted by Gasteiger charge is -2.13. The molecule has 0 amide bonds. The van der Waals surface area contributed by atoms with Crippen LogP contribution in [0.5, 0.6) is 0 Å². The van der Waals surface area contributed by atoms with Gasteiger partial charge in [-0.15, -0.1) is 0 Å². The predicted octanol–water partition coefficient (Wildman–Crippen LogP) is 11.4. The molecule has 7 aromatic carbocycles. The normalized spacial score (nSPS) is 19.0. The van der Waals surface area contributed by atoms with Crippen molar-refractivity contribution in [2.75, 3.05) is 0 Å². The molecule has 0 bridgehead atoms. The molecule has 0 saturated heterocycles. The Morgan fingerprint density at radius 1 is 0.431 bits per heavy atom. The van der Waals surface area contributed by atoms with Crippen molar-refractivity contribution >= 4 is 43.6 Å². The van der Waals surface area contributed by atoms with Crippen LogP contribution < -0.4 is 0 Å². The Labute approximate surface area is 332 Å². The molecule has 0 aliphatic carbocycles. The van der Waals surface area contributed by atoms with Gasteiger partial charge in [-0.3, -0.25) is 4.57 Å². The van der Waals surface area contributed by atoms with Crippen molar-refractivity contribution in [2.45, 2.75) is 6.92 Å². The fraction of sp³-hybridized carbons (Fsp3) is 0.0217. The molecule has 0 spiro atoms. The molecule has 5 nitrogen and oxygen atoms in total. The zero-order valence-electron chi connectivity index (χ0n) is 52.8. The van der Waals surface area contributed by atoms with Gasteiger partial charge in [-0.25, -0.2) is 4.98 Å². The quantitative estimate of drug-likeness (QED) is 0.182. The summed E-state index contributed by atoms with van der Waals surface area (Å²) in [7, 11) is 0. The maximum atomic E-state index is 9.66. The fourth-order valence-corrected chi connectivity index (χ4v) is 5.83. The van der Waals surface area contributed by atoms with Crippen LogP contribution in [0, 0.1) is 6.92 Å². The summed E-state index contributed by atoms with van der Waals surface area (Å²) in [5.41, 5.74) is -5.52. The molecular formula is C46H31N5. The average Bonchev–Trinajstić information content (AvgIpc) is 3.99. The molecule has 10 rings (SSSR count). The van der Waals surface area contributed by atoms with Gasteiger partial charge in [0.15, 0.2) is 11.6 Å². The highest BCUT2D eigenvalue weighted by Crippen LogP contribution is 2.41. The van der Waals surface area contributed by atoms with E-state index >= 15 is 0 Å². The molecule has 0 unspecified atom stereocenters. The van der Waals surface area contributed by atoms with Gasteiger partial charge in [-0.05, 0) is 48.3 Å². The highest BCUT2D eigenvalue weighted by atomic mass is 15.2. The van der Waals surface area contributed by atoms with E-state index in [0.29, 0.717) is 0 Å². The summed E-state index contributed by atoms with van der Waals surface area (Å²) >= 11 is 0. The van der Waals surface area contributed by atoms with E-state index in [-0.39, 0.29) is 27.9 Å². The van der Waals surface area contributed by atoms with Crippen LogP contribution in [0.15, 0.2) is 169 Å². The smallest absolute Gasteiger partial charge is 0.238 e. The first-order valence-corrected chi connectivity index (χ1v) is 15.0. The zero-order chi connectivity index (χ0) is 57.4. The van der Waals surface area contributed by atoms with Crippen molar-refractivity contribution < 1.29 is 37.0 Å². The van der Waals surface area contributed by atoms with Gasteiger partial charge in [0.05, 0.1) is 59.1 Å². The first-order valence-electron chi connectivity index (χ1n) is 28.5.